The van der Waals surface area contributed by atoms with Crippen LogP contribution >= 0.6 is 7.82 Å². The zero-order chi connectivity index (χ0) is 35.4. The minimum Gasteiger partial charge on any atom is -0.462 e. The molecule has 0 radical (unpaired) electrons. The summed E-state index contributed by atoms with van der Waals surface area (Å²) in [5, 5.41) is 0. The molecule has 0 aliphatic rings. The maximum Gasteiger partial charge on any atom is 0.469 e. The van der Waals surface area contributed by atoms with Crippen LogP contribution in [0.2, 0.25) is 0 Å². The van der Waals surface area contributed by atoms with Gasteiger partial charge in [0.2, 0.25) is 0 Å². The number of rotatable bonds is 33. The van der Waals surface area contributed by atoms with Crippen molar-refractivity contribution in [2.24, 2.45) is 0 Å². The van der Waals surface area contributed by atoms with Crippen LogP contribution in [0, 0.1) is 0 Å². The van der Waals surface area contributed by atoms with Crippen molar-refractivity contribution in [2.45, 2.75) is 161 Å². The first-order valence-electron chi connectivity index (χ1n) is 18.6. The number of phosphoric acid groups is 1. The van der Waals surface area contributed by atoms with Gasteiger partial charge in [0.15, 0.2) is 6.10 Å². The van der Waals surface area contributed by atoms with Crippen LogP contribution in [-0.4, -0.2) is 41.0 Å². The summed E-state index contributed by atoms with van der Waals surface area (Å²) >= 11 is 0. The normalized spacial score (nSPS) is 13.2. The van der Waals surface area contributed by atoms with Crippen LogP contribution in [0.4, 0.5) is 0 Å². The second-order valence-corrected chi connectivity index (χ2v) is 13.4. The van der Waals surface area contributed by atoms with E-state index in [2.05, 4.69) is 67.0 Å². The van der Waals surface area contributed by atoms with E-state index in [-0.39, 0.29) is 19.4 Å². The third-order valence-electron chi connectivity index (χ3n) is 7.55. The van der Waals surface area contributed by atoms with Crippen molar-refractivity contribution in [1.29, 1.82) is 0 Å². The number of allylic oxidation sites excluding steroid dienone is 10. The average Bonchev–Trinajstić information content (AvgIpc) is 3.05. The first-order chi connectivity index (χ1) is 23.3. The number of unbranched alkanes of at least 4 members (excludes halogenated alkanes) is 13. The number of esters is 2. The summed E-state index contributed by atoms with van der Waals surface area (Å²) < 4.78 is 26.2. The van der Waals surface area contributed by atoms with Gasteiger partial charge in [-0.2, -0.15) is 0 Å². The molecule has 48 heavy (non-hydrogen) atoms. The van der Waals surface area contributed by atoms with Crippen LogP contribution in [0.15, 0.2) is 60.8 Å². The fourth-order valence-electron chi connectivity index (χ4n) is 4.82. The van der Waals surface area contributed by atoms with Crippen LogP contribution in [0.5, 0.6) is 0 Å². The van der Waals surface area contributed by atoms with Gasteiger partial charge in [-0.05, 0) is 51.4 Å². The molecule has 0 fully saturated rings. The SMILES string of the molecule is CC/C=C\C/C=C\C/C=C\C/C=C\C/C=C\CCCC(=O)O[C@H](COC(=O)CCCCCCCCCCCCCCC)COP(=O)(O)O. The second-order valence-electron chi connectivity index (χ2n) is 12.2. The lowest BCUT2D eigenvalue weighted by atomic mass is 10.0. The van der Waals surface area contributed by atoms with E-state index >= 15 is 0 Å². The Balaban J connectivity index is 4.09. The molecule has 0 amide bonds. The first kappa shape index (κ1) is 45.8. The summed E-state index contributed by atoms with van der Waals surface area (Å²) in [7, 11) is -4.76. The van der Waals surface area contributed by atoms with Gasteiger partial charge >= 0.3 is 19.8 Å². The smallest absolute Gasteiger partial charge is 0.462 e. The minimum atomic E-state index is -4.76. The molecule has 0 spiro atoms. The van der Waals surface area contributed by atoms with E-state index in [0.29, 0.717) is 12.8 Å². The Morgan fingerprint density at radius 3 is 1.48 bits per heavy atom. The molecule has 0 unspecified atom stereocenters. The van der Waals surface area contributed by atoms with Crippen LogP contribution in [0.1, 0.15) is 155 Å². The van der Waals surface area contributed by atoms with Gasteiger partial charge in [-0.1, -0.05) is 152 Å². The van der Waals surface area contributed by atoms with Gasteiger partial charge in [-0.3, -0.25) is 14.1 Å². The number of ether oxygens (including phenoxy) is 2. The van der Waals surface area contributed by atoms with Crippen molar-refractivity contribution in [3.8, 4) is 0 Å². The molecule has 1 atom stereocenters. The molecule has 0 aromatic carbocycles. The van der Waals surface area contributed by atoms with Crippen molar-refractivity contribution in [1.82, 2.24) is 0 Å². The molecule has 0 aliphatic heterocycles. The molecule has 0 bridgehead atoms. The monoisotopic (exact) mass is 694 g/mol. The zero-order valence-electron chi connectivity index (χ0n) is 30.1. The van der Waals surface area contributed by atoms with E-state index < -0.39 is 32.5 Å². The number of hydrogen-bond acceptors (Lipinski definition) is 6. The summed E-state index contributed by atoms with van der Waals surface area (Å²) in [4.78, 5) is 42.6. The lowest BCUT2D eigenvalue weighted by molar-refractivity contribution is -0.161. The molecule has 2 N–H and O–H groups in total. The zero-order valence-corrected chi connectivity index (χ0v) is 31.0. The molecule has 0 aliphatic carbocycles. The van der Waals surface area contributed by atoms with E-state index in [0.717, 1.165) is 51.4 Å². The summed E-state index contributed by atoms with van der Waals surface area (Å²) in [5.74, 6) is -0.956. The fraction of sp³-hybridized carbons (Fsp3) is 0.692. The van der Waals surface area contributed by atoms with Crippen molar-refractivity contribution in [2.75, 3.05) is 13.2 Å². The summed E-state index contributed by atoms with van der Waals surface area (Å²) in [6, 6.07) is 0. The van der Waals surface area contributed by atoms with Crippen LogP contribution in [0.25, 0.3) is 0 Å². The van der Waals surface area contributed by atoms with Crippen molar-refractivity contribution in [3.63, 3.8) is 0 Å². The van der Waals surface area contributed by atoms with Crippen LogP contribution in [-0.2, 0) is 28.2 Å². The Bertz CT molecular complexity index is 963. The van der Waals surface area contributed by atoms with Crippen molar-refractivity contribution in [3.05, 3.63) is 60.8 Å². The Morgan fingerprint density at radius 1 is 0.562 bits per heavy atom. The van der Waals surface area contributed by atoms with Crippen LogP contribution < -0.4 is 0 Å². The standard InChI is InChI=1S/C39H67O8P/c1-3-5-7-9-11-13-15-17-18-19-20-22-24-26-28-30-32-34-39(41)47-37(36-46-48(42,43)44)35-45-38(40)33-31-29-27-25-23-21-16-14-12-10-8-6-4-2/h5,7,11,13,17-18,20,22,26,28,37H,3-4,6,8-10,12,14-16,19,21,23-25,27,29-36H2,1-2H3,(H2,42,43,44)/b7-5-,13-11-,18-17-,22-20-,28-26-/t37-/m1/s1. The molecule has 8 nitrogen and oxygen atoms in total. The fourth-order valence-corrected chi connectivity index (χ4v) is 5.18. The highest BCUT2D eigenvalue weighted by Gasteiger charge is 2.22. The quantitative estimate of drug-likeness (QED) is 0.0301. The van der Waals surface area contributed by atoms with E-state index in [9.17, 15) is 14.2 Å². The Labute approximate surface area is 292 Å². The lowest BCUT2D eigenvalue weighted by Crippen LogP contribution is -2.29. The number of carbonyl (C=O) groups excluding carboxylic acids is 2. The summed E-state index contributed by atoms with van der Waals surface area (Å²) in [6.07, 6.45) is 42.3. The Kier molecular flexibility index (Phi) is 33.0. The van der Waals surface area contributed by atoms with Gasteiger partial charge in [-0.15, -0.1) is 0 Å². The number of carbonyl (C=O) groups is 2. The first-order valence-corrected chi connectivity index (χ1v) is 20.1. The van der Waals surface area contributed by atoms with Crippen molar-refractivity contribution < 1.29 is 37.9 Å². The molecule has 0 saturated heterocycles. The van der Waals surface area contributed by atoms with Gasteiger partial charge in [0.25, 0.3) is 0 Å². The highest BCUT2D eigenvalue weighted by molar-refractivity contribution is 7.46. The van der Waals surface area contributed by atoms with Crippen molar-refractivity contribution >= 4 is 19.8 Å². The third-order valence-corrected chi connectivity index (χ3v) is 8.04. The predicted octanol–water partition coefficient (Wildman–Crippen LogP) is 11.0. The molecular formula is C39H67O8P. The predicted molar refractivity (Wildman–Crippen MR) is 197 cm³/mol. The van der Waals surface area contributed by atoms with E-state index in [4.69, 9.17) is 19.3 Å². The highest BCUT2D eigenvalue weighted by atomic mass is 31.2. The summed E-state index contributed by atoms with van der Waals surface area (Å²) in [6.45, 7) is 3.50. The summed E-state index contributed by atoms with van der Waals surface area (Å²) in [5.41, 5.74) is 0. The lowest BCUT2D eigenvalue weighted by Gasteiger charge is -2.18. The molecule has 0 rings (SSSR count). The third kappa shape index (κ3) is 36.6. The number of phosphoric ester groups is 1. The molecular weight excluding hydrogens is 627 g/mol. The molecule has 276 valence electrons. The highest BCUT2D eigenvalue weighted by Crippen LogP contribution is 2.35. The van der Waals surface area contributed by atoms with Gasteiger partial charge in [-0.25, -0.2) is 4.57 Å². The molecule has 9 heteroatoms. The van der Waals surface area contributed by atoms with E-state index in [1.54, 1.807) is 0 Å². The maximum absolute atomic E-state index is 12.3. The van der Waals surface area contributed by atoms with Gasteiger partial charge in [0.1, 0.15) is 6.61 Å². The Morgan fingerprint density at radius 2 is 1.00 bits per heavy atom. The van der Waals surface area contributed by atoms with E-state index in [1.807, 2.05) is 12.2 Å². The average molecular weight is 695 g/mol. The molecule has 0 aromatic heterocycles. The van der Waals surface area contributed by atoms with E-state index in [1.165, 1.54) is 64.2 Å². The maximum atomic E-state index is 12.3. The van der Waals surface area contributed by atoms with Gasteiger partial charge in [0, 0.05) is 12.8 Å². The van der Waals surface area contributed by atoms with Gasteiger partial charge in [0.05, 0.1) is 6.61 Å². The number of hydrogen-bond donors (Lipinski definition) is 2. The van der Waals surface area contributed by atoms with Crippen LogP contribution in [0.3, 0.4) is 0 Å². The Hall–Kier alpha value is -2.25. The molecule has 0 aromatic rings. The topological polar surface area (TPSA) is 119 Å². The second kappa shape index (κ2) is 34.6. The molecule has 0 saturated carbocycles. The molecule has 0 heterocycles. The van der Waals surface area contributed by atoms with Gasteiger partial charge < -0.3 is 19.3 Å². The minimum absolute atomic E-state index is 0.133. The largest absolute Gasteiger partial charge is 0.469 e.